The van der Waals surface area contributed by atoms with Crippen molar-refractivity contribution in [1.29, 1.82) is 0 Å². The van der Waals surface area contributed by atoms with E-state index in [2.05, 4.69) is 223 Å². The summed E-state index contributed by atoms with van der Waals surface area (Å²) < 4.78 is 2.71. The maximum absolute atomic E-state index is 2.59. The van der Waals surface area contributed by atoms with Crippen molar-refractivity contribution in [1.82, 2.24) is 0 Å². The Hall–Kier alpha value is -7.40. The molecule has 10 aromatic rings. The average Bonchev–Trinajstić information content (AvgIpc) is 3.95. The molecule has 2 nitrogen and oxygen atoms in total. The van der Waals surface area contributed by atoms with Crippen LogP contribution in [-0.4, -0.2) is 6.71 Å². The number of benzene rings is 9. The van der Waals surface area contributed by atoms with E-state index in [1.807, 2.05) is 11.3 Å². The Morgan fingerprint density at radius 3 is 1.60 bits per heavy atom. The molecular weight excluding hydrogens is 768 g/mol. The van der Waals surface area contributed by atoms with Gasteiger partial charge in [0.05, 0.1) is 11.1 Å². The SMILES string of the molecule is Cc1cc2c3c(c1)N(c1ccccc1)c1c(sc4cc5c(cc14)-c1ccccc1C51c4ccccc4-c4ccccc41)B3c1ccc(-c3ccccc3)cc1N2c1ccccc1. The zero-order valence-electron chi connectivity index (χ0n) is 34.0. The van der Waals surface area contributed by atoms with Crippen LogP contribution in [0, 0.1) is 6.92 Å². The van der Waals surface area contributed by atoms with E-state index in [0.29, 0.717) is 0 Å². The van der Waals surface area contributed by atoms with Crippen LogP contribution < -0.4 is 25.5 Å². The summed E-state index contributed by atoms with van der Waals surface area (Å²) in [4.78, 5) is 5.11. The maximum atomic E-state index is 2.59. The first kappa shape index (κ1) is 34.3. The molecule has 0 saturated heterocycles. The minimum atomic E-state index is -0.397. The number of hydrogen-bond acceptors (Lipinski definition) is 3. The van der Waals surface area contributed by atoms with Crippen molar-refractivity contribution in [3.8, 4) is 33.4 Å². The normalized spacial score (nSPS) is 14.2. The van der Waals surface area contributed by atoms with Crippen molar-refractivity contribution in [3.05, 3.63) is 234 Å². The number of para-hydroxylation sites is 2. The lowest BCUT2D eigenvalue weighted by Crippen LogP contribution is -2.60. The van der Waals surface area contributed by atoms with Gasteiger partial charge in [-0.2, -0.15) is 0 Å². The van der Waals surface area contributed by atoms with E-state index in [9.17, 15) is 0 Å². The molecule has 0 amide bonds. The van der Waals surface area contributed by atoms with Gasteiger partial charge in [0.1, 0.15) is 0 Å². The molecule has 2 aliphatic carbocycles. The van der Waals surface area contributed by atoms with Gasteiger partial charge in [0.2, 0.25) is 0 Å². The van der Waals surface area contributed by atoms with Gasteiger partial charge >= 0.3 is 0 Å². The predicted molar refractivity (Wildman–Crippen MR) is 262 cm³/mol. The zero-order valence-corrected chi connectivity index (χ0v) is 34.8. The van der Waals surface area contributed by atoms with Crippen LogP contribution in [0.25, 0.3) is 43.5 Å². The number of rotatable bonds is 3. The van der Waals surface area contributed by atoms with Gasteiger partial charge in [-0.15, -0.1) is 11.3 Å². The molecule has 0 unspecified atom stereocenters. The molecule has 0 radical (unpaired) electrons. The smallest absolute Gasteiger partial charge is 0.264 e. The molecule has 9 aromatic carbocycles. The second-order valence-electron chi connectivity index (χ2n) is 17.2. The van der Waals surface area contributed by atoms with Crippen LogP contribution in [0.3, 0.4) is 0 Å². The van der Waals surface area contributed by atoms with Gasteiger partial charge in [-0.05, 0) is 134 Å². The molecule has 62 heavy (non-hydrogen) atoms. The first-order valence-electron chi connectivity index (χ1n) is 21.6. The molecule has 4 heteroatoms. The molecule has 0 N–H and O–H groups in total. The average molecular weight is 805 g/mol. The third kappa shape index (κ3) is 4.39. The summed E-state index contributed by atoms with van der Waals surface area (Å²) >= 11 is 1.99. The number of aryl methyl sites for hydroxylation is 1. The fourth-order valence-electron chi connectivity index (χ4n) is 11.7. The Kier molecular flexibility index (Phi) is 6.96. The van der Waals surface area contributed by atoms with Gasteiger partial charge in [0.25, 0.3) is 6.71 Å². The van der Waals surface area contributed by atoms with E-state index >= 15 is 0 Å². The second kappa shape index (κ2) is 12.6. The van der Waals surface area contributed by atoms with Gasteiger partial charge in [0, 0.05) is 43.3 Å². The molecule has 0 bridgehead atoms. The van der Waals surface area contributed by atoms with Gasteiger partial charge in [-0.1, -0.05) is 152 Å². The monoisotopic (exact) mass is 804 g/mol. The molecule has 288 valence electrons. The highest BCUT2D eigenvalue weighted by Crippen LogP contribution is 2.64. The summed E-state index contributed by atoms with van der Waals surface area (Å²) in [7, 11) is 0. The van der Waals surface area contributed by atoms with Crippen LogP contribution in [0.5, 0.6) is 0 Å². The number of thiophene rings is 1. The fraction of sp³-hybridized carbons (Fsp3) is 0.0345. The molecule has 2 aliphatic heterocycles. The van der Waals surface area contributed by atoms with Crippen LogP contribution in [0.15, 0.2) is 206 Å². The summed E-state index contributed by atoms with van der Waals surface area (Å²) in [5, 5.41) is 1.31. The quantitative estimate of drug-likeness (QED) is 0.164. The molecule has 0 saturated carbocycles. The van der Waals surface area contributed by atoms with E-state index < -0.39 is 5.41 Å². The van der Waals surface area contributed by atoms with Crippen LogP contribution in [0.4, 0.5) is 34.1 Å². The van der Waals surface area contributed by atoms with Crippen LogP contribution in [-0.2, 0) is 5.41 Å². The Balaban J connectivity index is 1.10. The minimum Gasteiger partial charge on any atom is -0.311 e. The molecular formula is C58H37BN2S. The van der Waals surface area contributed by atoms with Crippen LogP contribution in [0.1, 0.15) is 27.8 Å². The molecule has 1 spiro atoms. The van der Waals surface area contributed by atoms with E-state index in [1.165, 1.54) is 115 Å². The van der Waals surface area contributed by atoms with Crippen molar-refractivity contribution in [2.45, 2.75) is 12.3 Å². The van der Waals surface area contributed by atoms with Crippen molar-refractivity contribution < 1.29 is 0 Å². The van der Waals surface area contributed by atoms with E-state index in [0.717, 1.165) is 5.69 Å². The number of fused-ring (bicyclic) bond motifs is 16. The summed E-state index contributed by atoms with van der Waals surface area (Å²) in [6.45, 7) is 2.30. The first-order valence-corrected chi connectivity index (χ1v) is 22.4. The van der Waals surface area contributed by atoms with E-state index in [-0.39, 0.29) is 6.71 Å². The molecule has 3 heterocycles. The predicted octanol–water partition coefficient (Wildman–Crippen LogP) is 13.3. The number of anilines is 6. The molecule has 1 aromatic heterocycles. The van der Waals surface area contributed by atoms with E-state index in [4.69, 9.17) is 0 Å². The Morgan fingerprint density at radius 2 is 0.968 bits per heavy atom. The number of hydrogen-bond donors (Lipinski definition) is 0. The highest BCUT2D eigenvalue weighted by molar-refractivity contribution is 7.33. The molecule has 14 rings (SSSR count). The largest absolute Gasteiger partial charge is 0.311 e. The lowest BCUT2D eigenvalue weighted by molar-refractivity contribution is 0.795. The Morgan fingerprint density at radius 1 is 0.435 bits per heavy atom. The third-order valence-electron chi connectivity index (χ3n) is 14.1. The minimum absolute atomic E-state index is 0.0387. The topological polar surface area (TPSA) is 6.48 Å². The van der Waals surface area contributed by atoms with Gasteiger partial charge in [0.15, 0.2) is 0 Å². The molecule has 4 aliphatic rings. The van der Waals surface area contributed by atoms with Crippen molar-refractivity contribution >= 4 is 78.0 Å². The highest BCUT2D eigenvalue weighted by atomic mass is 32.1. The summed E-state index contributed by atoms with van der Waals surface area (Å²) in [5.74, 6) is 0. The first-order chi connectivity index (χ1) is 30.7. The summed E-state index contributed by atoms with van der Waals surface area (Å²) in [5.41, 5.74) is 24.2. The summed E-state index contributed by atoms with van der Waals surface area (Å²) in [6, 6.07) is 77.5. The second-order valence-corrected chi connectivity index (χ2v) is 18.3. The Labute approximate surface area is 365 Å². The van der Waals surface area contributed by atoms with Gasteiger partial charge in [-0.25, -0.2) is 0 Å². The maximum Gasteiger partial charge on any atom is 0.264 e. The number of nitrogens with zero attached hydrogens (tertiary/aromatic N) is 2. The van der Waals surface area contributed by atoms with Gasteiger partial charge < -0.3 is 9.80 Å². The summed E-state index contributed by atoms with van der Waals surface area (Å²) in [6.07, 6.45) is 0. The standard InChI is InChI=1S/C58H37BN2S/c1-36-31-52-55-53(32-36)61(40-21-9-4-10-22-40)56-45-34-44-43-25-13-16-28-48(43)58(46-26-14-11-23-41(46)42-24-12-15-27-47(42)58)49(44)35-54(45)62-57(56)59(55)50-30-29-38(37-17-5-2-6-18-37)33-51(50)60(52)39-19-7-3-8-20-39/h2-35H,1H3. The lowest BCUT2D eigenvalue weighted by atomic mass is 9.36. The van der Waals surface area contributed by atoms with Crippen LogP contribution in [0.2, 0.25) is 0 Å². The molecule has 0 atom stereocenters. The van der Waals surface area contributed by atoms with E-state index in [1.54, 1.807) is 0 Å². The van der Waals surface area contributed by atoms with Crippen molar-refractivity contribution in [2.75, 3.05) is 9.80 Å². The van der Waals surface area contributed by atoms with Crippen molar-refractivity contribution in [2.24, 2.45) is 0 Å². The molecule has 0 fully saturated rings. The van der Waals surface area contributed by atoms with Crippen LogP contribution >= 0.6 is 11.3 Å². The third-order valence-corrected chi connectivity index (χ3v) is 15.3. The fourth-order valence-corrected chi connectivity index (χ4v) is 13.0. The highest BCUT2D eigenvalue weighted by Gasteiger charge is 2.52. The van der Waals surface area contributed by atoms with Crippen molar-refractivity contribution in [3.63, 3.8) is 0 Å². The Bertz CT molecular complexity index is 3460. The van der Waals surface area contributed by atoms with Gasteiger partial charge in [-0.3, -0.25) is 0 Å². The lowest BCUT2D eigenvalue weighted by Gasteiger charge is -2.43. The zero-order chi connectivity index (χ0) is 40.7.